The van der Waals surface area contributed by atoms with E-state index in [4.69, 9.17) is 0 Å². The molecule has 0 amide bonds. The summed E-state index contributed by atoms with van der Waals surface area (Å²) in [6.45, 7) is 10.4. The summed E-state index contributed by atoms with van der Waals surface area (Å²) in [6.07, 6.45) is 3.12. The fourth-order valence-corrected chi connectivity index (χ4v) is 3.76. The van der Waals surface area contributed by atoms with Crippen LogP contribution in [0.25, 0.3) is 0 Å². The minimum absolute atomic E-state index is 0. The zero-order chi connectivity index (χ0) is 19.9. The van der Waals surface area contributed by atoms with Gasteiger partial charge in [-0.1, -0.05) is 44.2 Å². The monoisotopic (exact) mass is 497 g/mol. The predicted molar refractivity (Wildman–Crippen MR) is 130 cm³/mol. The maximum Gasteiger partial charge on any atom is 0.191 e. The van der Waals surface area contributed by atoms with Gasteiger partial charge in [0.25, 0.3) is 0 Å². The molecular formula is C22H36IN5. The lowest BCUT2D eigenvalue weighted by atomic mass is 9.76. The Balaban J connectivity index is 0.00000392. The second-order valence-electron chi connectivity index (χ2n) is 7.23. The highest BCUT2D eigenvalue weighted by Crippen LogP contribution is 2.30. The van der Waals surface area contributed by atoms with Crippen LogP contribution >= 0.6 is 24.0 Å². The second kappa shape index (κ2) is 11.4. The SMILES string of the molecule is CCC(CC)(CNC(=NC)NCCc1c(C)nn(C)c1C)c1ccccc1.I. The number of hydrogen-bond acceptors (Lipinski definition) is 2. The number of nitrogens with one attached hydrogen (secondary N) is 2. The van der Waals surface area contributed by atoms with E-state index >= 15 is 0 Å². The van der Waals surface area contributed by atoms with E-state index in [2.05, 4.69) is 78.8 Å². The van der Waals surface area contributed by atoms with Gasteiger partial charge in [-0.25, -0.2) is 0 Å². The van der Waals surface area contributed by atoms with Crippen LogP contribution in [0.5, 0.6) is 0 Å². The zero-order valence-corrected chi connectivity index (χ0v) is 20.5. The maximum absolute atomic E-state index is 4.50. The molecule has 0 bridgehead atoms. The van der Waals surface area contributed by atoms with Crippen molar-refractivity contribution in [3.63, 3.8) is 0 Å². The molecule has 156 valence electrons. The first-order valence-electron chi connectivity index (χ1n) is 9.96. The summed E-state index contributed by atoms with van der Waals surface area (Å²) in [7, 11) is 3.83. The van der Waals surface area contributed by atoms with Crippen molar-refractivity contribution in [2.45, 2.75) is 52.4 Å². The molecule has 1 aromatic carbocycles. The molecule has 2 rings (SSSR count). The summed E-state index contributed by atoms with van der Waals surface area (Å²) in [6, 6.07) is 10.8. The summed E-state index contributed by atoms with van der Waals surface area (Å²) in [4.78, 5) is 4.41. The van der Waals surface area contributed by atoms with Gasteiger partial charge < -0.3 is 10.6 Å². The number of aliphatic imine (C=N–C) groups is 1. The molecule has 0 unspecified atom stereocenters. The molecule has 0 saturated carbocycles. The van der Waals surface area contributed by atoms with Crippen molar-refractivity contribution in [3.05, 3.63) is 52.8 Å². The van der Waals surface area contributed by atoms with Gasteiger partial charge in [-0.15, -0.1) is 24.0 Å². The standard InChI is InChI=1S/C22H35N5.HI/c1-7-22(8-2,19-12-10-9-11-13-19)16-25-21(23-5)24-15-14-20-17(3)26-27(6)18(20)4;/h9-13H,7-8,14-16H2,1-6H3,(H2,23,24,25);1H. The van der Waals surface area contributed by atoms with Crippen LogP contribution in [0.4, 0.5) is 0 Å². The second-order valence-corrected chi connectivity index (χ2v) is 7.23. The Kier molecular flexibility index (Phi) is 9.99. The number of aromatic nitrogens is 2. The lowest BCUT2D eigenvalue weighted by Gasteiger charge is -2.33. The van der Waals surface area contributed by atoms with Crippen molar-refractivity contribution in [2.24, 2.45) is 12.0 Å². The highest BCUT2D eigenvalue weighted by Gasteiger charge is 2.28. The van der Waals surface area contributed by atoms with E-state index in [-0.39, 0.29) is 29.4 Å². The van der Waals surface area contributed by atoms with Crippen LogP contribution in [0.1, 0.15) is 49.2 Å². The predicted octanol–water partition coefficient (Wildman–Crippen LogP) is 4.12. The first kappa shape index (κ1) is 24.5. The van der Waals surface area contributed by atoms with Gasteiger partial charge in [0.15, 0.2) is 5.96 Å². The average molecular weight is 497 g/mol. The van der Waals surface area contributed by atoms with Crippen LogP contribution < -0.4 is 10.6 Å². The largest absolute Gasteiger partial charge is 0.356 e. The van der Waals surface area contributed by atoms with Crippen LogP contribution in [0, 0.1) is 13.8 Å². The number of aryl methyl sites for hydroxylation is 2. The van der Waals surface area contributed by atoms with E-state index in [9.17, 15) is 0 Å². The molecule has 6 heteroatoms. The van der Waals surface area contributed by atoms with Crippen LogP contribution in [0.2, 0.25) is 0 Å². The smallest absolute Gasteiger partial charge is 0.191 e. The highest BCUT2D eigenvalue weighted by atomic mass is 127. The highest BCUT2D eigenvalue weighted by molar-refractivity contribution is 14.0. The Hall–Kier alpha value is -1.57. The molecule has 1 heterocycles. The van der Waals surface area contributed by atoms with Gasteiger partial charge in [0, 0.05) is 38.3 Å². The first-order valence-corrected chi connectivity index (χ1v) is 9.96. The summed E-state index contributed by atoms with van der Waals surface area (Å²) in [5, 5.41) is 11.5. The van der Waals surface area contributed by atoms with Crippen molar-refractivity contribution < 1.29 is 0 Å². The Bertz CT molecular complexity index is 748. The van der Waals surface area contributed by atoms with Gasteiger partial charge in [0.2, 0.25) is 0 Å². The maximum atomic E-state index is 4.50. The quantitative estimate of drug-likeness (QED) is 0.328. The summed E-state index contributed by atoms with van der Waals surface area (Å²) >= 11 is 0. The van der Waals surface area contributed by atoms with Crippen molar-refractivity contribution in [1.82, 2.24) is 20.4 Å². The van der Waals surface area contributed by atoms with Gasteiger partial charge in [-0.3, -0.25) is 9.67 Å². The molecule has 0 fully saturated rings. The summed E-state index contributed by atoms with van der Waals surface area (Å²) in [5.74, 6) is 0.858. The number of hydrogen-bond donors (Lipinski definition) is 2. The van der Waals surface area contributed by atoms with Crippen molar-refractivity contribution in [3.8, 4) is 0 Å². The van der Waals surface area contributed by atoms with Crippen LogP contribution in [0.15, 0.2) is 35.3 Å². The molecule has 0 aliphatic rings. The molecule has 0 aliphatic heterocycles. The molecule has 5 nitrogen and oxygen atoms in total. The van der Waals surface area contributed by atoms with Gasteiger partial charge >= 0.3 is 0 Å². The molecule has 1 aromatic heterocycles. The van der Waals surface area contributed by atoms with Gasteiger partial charge in [0.05, 0.1) is 5.69 Å². The third-order valence-corrected chi connectivity index (χ3v) is 5.88. The lowest BCUT2D eigenvalue weighted by Crippen LogP contribution is -2.45. The molecule has 0 spiro atoms. The minimum atomic E-state index is 0. The molecule has 0 saturated heterocycles. The molecule has 0 radical (unpaired) electrons. The Morgan fingerprint density at radius 1 is 1.11 bits per heavy atom. The number of halogens is 1. The number of rotatable bonds is 8. The van der Waals surface area contributed by atoms with Gasteiger partial charge in [-0.2, -0.15) is 5.10 Å². The fraction of sp³-hybridized carbons (Fsp3) is 0.545. The normalized spacial score (nSPS) is 11.9. The van der Waals surface area contributed by atoms with E-state index in [1.807, 2.05) is 18.8 Å². The minimum Gasteiger partial charge on any atom is -0.356 e. The Morgan fingerprint density at radius 3 is 2.25 bits per heavy atom. The van der Waals surface area contributed by atoms with Gasteiger partial charge in [-0.05, 0) is 44.2 Å². The zero-order valence-electron chi connectivity index (χ0n) is 18.2. The van der Waals surface area contributed by atoms with Gasteiger partial charge in [0.1, 0.15) is 0 Å². The Labute approximate surface area is 187 Å². The van der Waals surface area contributed by atoms with E-state index in [0.29, 0.717) is 0 Å². The number of nitrogens with zero attached hydrogens (tertiary/aromatic N) is 3. The van der Waals surface area contributed by atoms with E-state index < -0.39 is 0 Å². The molecule has 0 aliphatic carbocycles. The van der Waals surface area contributed by atoms with Crippen LogP contribution in [-0.2, 0) is 18.9 Å². The van der Waals surface area contributed by atoms with Crippen LogP contribution in [-0.4, -0.2) is 35.9 Å². The molecule has 2 N–H and O–H groups in total. The third kappa shape index (κ3) is 5.72. The number of benzene rings is 1. The van der Waals surface area contributed by atoms with Crippen molar-refractivity contribution in [2.75, 3.05) is 20.1 Å². The molecular weight excluding hydrogens is 461 g/mol. The Morgan fingerprint density at radius 2 is 1.75 bits per heavy atom. The van der Waals surface area contributed by atoms with E-state index in [1.54, 1.807) is 0 Å². The van der Waals surface area contributed by atoms with E-state index in [1.165, 1.54) is 16.8 Å². The lowest BCUT2D eigenvalue weighted by molar-refractivity contribution is 0.389. The average Bonchev–Trinajstić information content (AvgIpc) is 2.94. The van der Waals surface area contributed by atoms with Crippen molar-refractivity contribution >= 4 is 29.9 Å². The fourth-order valence-electron chi connectivity index (χ4n) is 3.76. The van der Waals surface area contributed by atoms with Crippen molar-refractivity contribution in [1.29, 1.82) is 0 Å². The van der Waals surface area contributed by atoms with Crippen LogP contribution in [0.3, 0.4) is 0 Å². The molecule has 2 aromatic rings. The summed E-state index contributed by atoms with van der Waals surface area (Å²) < 4.78 is 1.95. The first-order chi connectivity index (χ1) is 13.0. The summed E-state index contributed by atoms with van der Waals surface area (Å²) in [5.41, 5.74) is 5.17. The molecule has 0 atom stereocenters. The topological polar surface area (TPSA) is 54.2 Å². The number of guanidine groups is 1. The van der Waals surface area contributed by atoms with E-state index in [0.717, 1.165) is 44.0 Å². The third-order valence-electron chi connectivity index (χ3n) is 5.88. The molecule has 28 heavy (non-hydrogen) atoms.